The lowest BCUT2D eigenvalue weighted by molar-refractivity contribution is 0.742. The van der Waals surface area contributed by atoms with Crippen LogP contribution in [-0.2, 0) is 6.54 Å². The largest absolute Gasteiger partial charge is 0.341 e. The lowest BCUT2D eigenvalue weighted by atomic mass is 10.1. The highest BCUT2D eigenvalue weighted by molar-refractivity contribution is 5.85. The molecule has 0 amide bonds. The Morgan fingerprint density at radius 3 is 2.73 bits per heavy atom. The number of hydrogen-bond donors (Lipinski definition) is 1. The van der Waals surface area contributed by atoms with Crippen molar-refractivity contribution in [1.29, 1.82) is 0 Å². The molecule has 1 saturated carbocycles. The second kappa shape index (κ2) is 3.11. The Balaban J connectivity index is 2.36. The summed E-state index contributed by atoms with van der Waals surface area (Å²) in [5, 5.41) is 1.34. The average Bonchev–Trinajstić information content (AvgIpc) is 3.02. The van der Waals surface area contributed by atoms with Gasteiger partial charge in [0.05, 0.1) is 0 Å². The van der Waals surface area contributed by atoms with Crippen molar-refractivity contribution in [2.45, 2.75) is 32.4 Å². The van der Waals surface area contributed by atoms with Gasteiger partial charge in [-0.2, -0.15) is 0 Å². The summed E-state index contributed by atoms with van der Waals surface area (Å²) in [5.74, 6) is 0. The fraction of sp³-hybridized carbons (Fsp3) is 0.385. The molecule has 0 aliphatic heterocycles. The van der Waals surface area contributed by atoms with Crippen LogP contribution in [0.2, 0.25) is 0 Å². The lowest BCUT2D eigenvalue weighted by Gasteiger charge is -2.05. The topological polar surface area (TPSA) is 30.9 Å². The first-order valence-corrected chi connectivity index (χ1v) is 5.61. The van der Waals surface area contributed by atoms with Crippen LogP contribution in [0.15, 0.2) is 24.3 Å². The van der Waals surface area contributed by atoms with Crippen molar-refractivity contribution in [2.24, 2.45) is 5.73 Å². The van der Waals surface area contributed by atoms with Crippen molar-refractivity contribution < 1.29 is 0 Å². The van der Waals surface area contributed by atoms with E-state index in [4.69, 9.17) is 5.73 Å². The molecule has 2 N–H and O–H groups in total. The summed E-state index contributed by atoms with van der Waals surface area (Å²) in [6.45, 7) is 2.84. The zero-order chi connectivity index (χ0) is 10.4. The number of benzene rings is 1. The predicted molar refractivity (Wildman–Crippen MR) is 62.8 cm³/mol. The first-order chi connectivity index (χ1) is 7.33. The van der Waals surface area contributed by atoms with Crippen molar-refractivity contribution >= 4 is 10.9 Å². The van der Waals surface area contributed by atoms with Gasteiger partial charge < -0.3 is 10.3 Å². The molecule has 2 heteroatoms. The Hall–Kier alpha value is -1.28. The van der Waals surface area contributed by atoms with Gasteiger partial charge in [0, 0.05) is 29.2 Å². The van der Waals surface area contributed by atoms with E-state index in [1.807, 2.05) is 0 Å². The van der Waals surface area contributed by atoms with Gasteiger partial charge in [0.15, 0.2) is 0 Å². The number of nitrogens with zero attached hydrogens (tertiary/aromatic N) is 1. The van der Waals surface area contributed by atoms with E-state index in [1.54, 1.807) is 0 Å². The maximum Gasteiger partial charge on any atom is 0.0488 e. The van der Waals surface area contributed by atoms with Crippen molar-refractivity contribution in [3.05, 3.63) is 35.5 Å². The second-order valence-electron chi connectivity index (χ2n) is 4.39. The van der Waals surface area contributed by atoms with Crippen molar-refractivity contribution in [1.82, 2.24) is 4.57 Å². The number of fused-ring (bicyclic) bond motifs is 1. The molecule has 0 saturated heterocycles. The van der Waals surface area contributed by atoms with Crippen molar-refractivity contribution in [2.75, 3.05) is 0 Å². The maximum atomic E-state index is 5.84. The average molecular weight is 200 g/mol. The molecule has 0 radical (unpaired) electrons. The zero-order valence-corrected chi connectivity index (χ0v) is 9.03. The Bertz CT molecular complexity index is 506. The molecule has 1 aromatic heterocycles. The summed E-state index contributed by atoms with van der Waals surface area (Å²) >= 11 is 0. The van der Waals surface area contributed by atoms with E-state index in [9.17, 15) is 0 Å². The quantitative estimate of drug-likeness (QED) is 0.794. The van der Waals surface area contributed by atoms with Gasteiger partial charge in [-0.15, -0.1) is 0 Å². The molecule has 2 aromatic rings. The molecular formula is C13H16N2. The number of para-hydroxylation sites is 1. The number of hydrogen-bond acceptors (Lipinski definition) is 1. The molecule has 0 spiro atoms. The highest BCUT2D eigenvalue weighted by atomic mass is 15.1. The molecule has 78 valence electrons. The van der Waals surface area contributed by atoms with Crippen LogP contribution in [0.3, 0.4) is 0 Å². The molecule has 0 unspecified atom stereocenters. The zero-order valence-electron chi connectivity index (χ0n) is 9.03. The van der Waals surface area contributed by atoms with E-state index in [2.05, 4.69) is 35.8 Å². The molecule has 1 aromatic carbocycles. The van der Waals surface area contributed by atoms with Crippen LogP contribution in [-0.4, -0.2) is 4.57 Å². The fourth-order valence-corrected chi connectivity index (χ4v) is 2.52. The minimum atomic E-state index is 0.645. The van der Waals surface area contributed by atoms with Crippen molar-refractivity contribution in [3.63, 3.8) is 0 Å². The molecule has 0 bridgehead atoms. The van der Waals surface area contributed by atoms with E-state index in [0.29, 0.717) is 6.54 Å². The van der Waals surface area contributed by atoms with Crippen LogP contribution in [0.5, 0.6) is 0 Å². The Morgan fingerprint density at radius 2 is 2.07 bits per heavy atom. The SMILES string of the molecule is Cc1c(CN)c2ccccc2n1C1CC1. The Morgan fingerprint density at radius 1 is 1.33 bits per heavy atom. The molecular weight excluding hydrogens is 184 g/mol. The van der Waals surface area contributed by atoms with Crippen LogP contribution in [0, 0.1) is 6.92 Å². The van der Waals surface area contributed by atoms with Crippen LogP contribution < -0.4 is 5.73 Å². The van der Waals surface area contributed by atoms with Gasteiger partial charge in [-0.05, 0) is 31.4 Å². The normalized spacial score (nSPS) is 16.1. The van der Waals surface area contributed by atoms with Crippen LogP contribution in [0.25, 0.3) is 10.9 Å². The fourth-order valence-electron chi connectivity index (χ4n) is 2.52. The van der Waals surface area contributed by atoms with Crippen LogP contribution in [0.4, 0.5) is 0 Å². The van der Waals surface area contributed by atoms with Gasteiger partial charge in [0.2, 0.25) is 0 Å². The molecule has 1 heterocycles. The smallest absolute Gasteiger partial charge is 0.0488 e. The molecule has 1 fully saturated rings. The third-order valence-electron chi connectivity index (χ3n) is 3.40. The minimum absolute atomic E-state index is 0.645. The maximum absolute atomic E-state index is 5.84. The first kappa shape index (κ1) is 8.98. The van der Waals surface area contributed by atoms with Gasteiger partial charge in [-0.1, -0.05) is 18.2 Å². The van der Waals surface area contributed by atoms with Gasteiger partial charge in [0.1, 0.15) is 0 Å². The van der Waals surface area contributed by atoms with E-state index >= 15 is 0 Å². The molecule has 0 atom stereocenters. The molecule has 3 rings (SSSR count). The summed E-state index contributed by atoms with van der Waals surface area (Å²) in [5.41, 5.74) is 9.88. The third-order valence-corrected chi connectivity index (χ3v) is 3.40. The van der Waals surface area contributed by atoms with E-state index in [-0.39, 0.29) is 0 Å². The van der Waals surface area contributed by atoms with Gasteiger partial charge in [-0.25, -0.2) is 0 Å². The standard InChI is InChI=1S/C13H16N2/c1-9-12(8-14)11-4-2-3-5-13(11)15(9)10-6-7-10/h2-5,10H,6-8,14H2,1H3. The molecule has 15 heavy (non-hydrogen) atoms. The van der Waals surface area contributed by atoms with E-state index < -0.39 is 0 Å². The first-order valence-electron chi connectivity index (χ1n) is 5.61. The Labute approximate surface area is 89.7 Å². The molecule has 1 aliphatic rings. The van der Waals surface area contributed by atoms with Gasteiger partial charge in [-0.3, -0.25) is 0 Å². The third kappa shape index (κ3) is 1.21. The minimum Gasteiger partial charge on any atom is -0.341 e. The van der Waals surface area contributed by atoms with Gasteiger partial charge >= 0.3 is 0 Å². The summed E-state index contributed by atoms with van der Waals surface area (Å²) in [4.78, 5) is 0. The summed E-state index contributed by atoms with van der Waals surface area (Å²) in [6.07, 6.45) is 2.65. The Kier molecular flexibility index (Phi) is 1.86. The highest BCUT2D eigenvalue weighted by Crippen LogP contribution is 2.40. The summed E-state index contributed by atoms with van der Waals surface area (Å²) in [6, 6.07) is 9.33. The number of nitrogens with two attached hydrogens (primary N) is 1. The monoisotopic (exact) mass is 200 g/mol. The molecule has 1 aliphatic carbocycles. The highest BCUT2D eigenvalue weighted by Gasteiger charge is 2.27. The number of aromatic nitrogens is 1. The second-order valence-corrected chi connectivity index (χ2v) is 4.39. The van der Waals surface area contributed by atoms with Crippen LogP contribution >= 0.6 is 0 Å². The lowest BCUT2D eigenvalue weighted by Crippen LogP contribution is -2.00. The van der Waals surface area contributed by atoms with E-state index in [0.717, 1.165) is 6.04 Å². The van der Waals surface area contributed by atoms with E-state index in [1.165, 1.54) is 35.0 Å². The van der Waals surface area contributed by atoms with Gasteiger partial charge in [0.25, 0.3) is 0 Å². The summed E-state index contributed by atoms with van der Waals surface area (Å²) < 4.78 is 2.47. The van der Waals surface area contributed by atoms with Crippen LogP contribution in [0.1, 0.15) is 30.1 Å². The predicted octanol–water partition coefficient (Wildman–Crippen LogP) is 2.74. The number of rotatable bonds is 2. The summed E-state index contributed by atoms with van der Waals surface area (Å²) in [7, 11) is 0. The molecule has 2 nitrogen and oxygen atoms in total. The van der Waals surface area contributed by atoms with Crippen molar-refractivity contribution in [3.8, 4) is 0 Å².